The van der Waals surface area contributed by atoms with Crippen molar-refractivity contribution in [3.63, 3.8) is 0 Å². The first-order chi connectivity index (χ1) is 6.92. The maximum absolute atomic E-state index is 9.54. The van der Waals surface area contributed by atoms with Crippen LogP contribution < -0.4 is 5.32 Å². The highest BCUT2D eigenvalue weighted by atomic mass is 79.9. The topological polar surface area (TPSA) is 56.0 Å². The van der Waals surface area contributed by atoms with E-state index in [2.05, 4.69) is 27.3 Å². The molecule has 0 radical (unpaired) electrons. The van der Waals surface area contributed by atoms with Crippen LogP contribution in [0.3, 0.4) is 0 Å². The average Bonchev–Trinajstić information content (AvgIpc) is 2.14. The number of rotatable bonds is 3. The number of aliphatic hydroxyl groups is 1. The Kier molecular flexibility index (Phi) is 3.72. The van der Waals surface area contributed by atoms with Crippen molar-refractivity contribution in [1.82, 2.24) is 0 Å². The minimum absolute atomic E-state index is 0.406. The second-order valence-corrected chi connectivity index (χ2v) is 4.88. The second kappa shape index (κ2) is 4.65. The zero-order valence-corrected chi connectivity index (χ0v) is 10.3. The van der Waals surface area contributed by atoms with Crippen LogP contribution in [0, 0.1) is 11.3 Å². The summed E-state index contributed by atoms with van der Waals surface area (Å²) in [6, 6.07) is 7.51. The van der Waals surface area contributed by atoms with Gasteiger partial charge in [-0.15, -0.1) is 0 Å². The number of halogens is 1. The monoisotopic (exact) mass is 268 g/mol. The summed E-state index contributed by atoms with van der Waals surface area (Å²) >= 11 is 3.30. The van der Waals surface area contributed by atoms with Crippen molar-refractivity contribution in [2.75, 3.05) is 11.9 Å². The fourth-order valence-corrected chi connectivity index (χ4v) is 1.44. The lowest BCUT2D eigenvalue weighted by atomic mass is 10.1. The molecule has 0 aliphatic heterocycles. The van der Waals surface area contributed by atoms with E-state index in [1.54, 1.807) is 19.9 Å². The summed E-state index contributed by atoms with van der Waals surface area (Å²) in [6.07, 6.45) is 0. The van der Waals surface area contributed by atoms with Gasteiger partial charge in [0, 0.05) is 11.0 Å². The van der Waals surface area contributed by atoms with E-state index in [1.807, 2.05) is 12.1 Å². The quantitative estimate of drug-likeness (QED) is 0.886. The molecule has 0 saturated heterocycles. The molecule has 0 aliphatic carbocycles. The van der Waals surface area contributed by atoms with Gasteiger partial charge < -0.3 is 10.4 Å². The molecule has 0 amide bonds. The van der Waals surface area contributed by atoms with E-state index in [1.165, 1.54) is 0 Å². The van der Waals surface area contributed by atoms with Gasteiger partial charge in [-0.1, -0.05) is 15.9 Å². The summed E-state index contributed by atoms with van der Waals surface area (Å²) in [7, 11) is 0. The third-order valence-corrected chi connectivity index (χ3v) is 2.31. The fraction of sp³-hybridized carbons (Fsp3) is 0.364. The Morgan fingerprint density at radius 2 is 2.20 bits per heavy atom. The summed E-state index contributed by atoms with van der Waals surface area (Å²) in [6.45, 7) is 3.83. The van der Waals surface area contributed by atoms with Crippen LogP contribution in [0.25, 0.3) is 0 Å². The van der Waals surface area contributed by atoms with E-state index in [-0.39, 0.29) is 0 Å². The van der Waals surface area contributed by atoms with E-state index in [9.17, 15) is 5.11 Å². The molecule has 15 heavy (non-hydrogen) atoms. The minimum atomic E-state index is -0.792. The molecule has 0 unspecified atom stereocenters. The minimum Gasteiger partial charge on any atom is -0.389 e. The maximum atomic E-state index is 9.54. The molecule has 1 aromatic carbocycles. The van der Waals surface area contributed by atoms with E-state index in [0.717, 1.165) is 10.2 Å². The van der Waals surface area contributed by atoms with Gasteiger partial charge in [0.2, 0.25) is 0 Å². The molecule has 0 atom stereocenters. The number of nitrogens with one attached hydrogen (secondary N) is 1. The van der Waals surface area contributed by atoms with Crippen molar-refractivity contribution in [3.05, 3.63) is 28.2 Å². The molecule has 2 N–H and O–H groups in total. The van der Waals surface area contributed by atoms with E-state index in [4.69, 9.17) is 5.26 Å². The molecule has 4 heteroatoms. The van der Waals surface area contributed by atoms with Crippen LogP contribution in [-0.2, 0) is 0 Å². The van der Waals surface area contributed by atoms with E-state index >= 15 is 0 Å². The zero-order valence-electron chi connectivity index (χ0n) is 8.71. The normalized spacial score (nSPS) is 10.9. The summed E-state index contributed by atoms with van der Waals surface area (Å²) in [5.41, 5.74) is 0.510. The standard InChI is InChI=1S/C11H13BrN2O/c1-11(2,15)7-14-10-4-3-9(12)5-8(10)6-13/h3-5,14-15H,7H2,1-2H3. The van der Waals surface area contributed by atoms with Gasteiger partial charge in [-0.05, 0) is 32.0 Å². The maximum Gasteiger partial charge on any atom is 0.101 e. The summed E-state index contributed by atoms with van der Waals surface area (Å²) in [5.74, 6) is 0. The van der Waals surface area contributed by atoms with Gasteiger partial charge in [-0.3, -0.25) is 0 Å². The predicted molar refractivity (Wildman–Crippen MR) is 63.6 cm³/mol. The number of nitrogens with zero attached hydrogens (tertiary/aromatic N) is 1. The molecule has 0 spiro atoms. The molecular formula is C11H13BrN2O. The molecule has 1 aromatic rings. The molecule has 0 aliphatic rings. The second-order valence-electron chi connectivity index (χ2n) is 3.97. The Hall–Kier alpha value is -1.05. The first-order valence-corrected chi connectivity index (χ1v) is 5.37. The van der Waals surface area contributed by atoms with Gasteiger partial charge >= 0.3 is 0 Å². The van der Waals surface area contributed by atoms with E-state index < -0.39 is 5.60 Å². The Bertz CT molecular complexity index is 391. The van der Waals surface area contributed by atoms with E-state index in [0.29, 0.717) is 12.1 Å². The average molecular weight is 269 g/mol. The van der Waals surface area contributed by atoms with Gasteiger partial charge in [0.25, 0.3) is 0 Å². The molecular weight excluding hydrogens is 256 g/mol. The van der Waals surface area contributed by atoms with Crippen LogP contribution in [0.2, 0.25) is 0 Å². The predicted octanol–water partition coefficient (Wildman–Crippen LogP) is 2.50. The van der Waals surface area contributed by atoms with Gasteiger partial charge in [-0.25, -0.2) is 0 Å². The highest BCUT2D eigenvalue weighted by Gasteiger charge is 2.12. The van der Waals surface area contributed by atoms with Gasteiger partial charge in [0.15, 0.2) is 0 Å². The summed E-state index contributed by atoms with van der Waals surface area (Å²) < 4.78 is 0.868. The SMILES string of the molecule is CC(C)(O)CNc1ccc(Br)cc1C#N. The smallest absolute Gasteiger partial charge is 0.101 e. The first kappa shape index (κ1) is 12.0. The summed E-state index contributed by atoms with van der Waals surface area (Å²) in [4.78, 5) is 0. The molecule has 0 fully saturated rings. The van der Waals surface area contributed by atoms with Crippen LogP contribution in [-0.4, -0.2) is 17.3 Å². The molecule has 80 valence electrons. The van der Waals surface area contributed by atoms with Crippen LogP contribution in [0.15, 0.2) is 22.7 Å². The lowest BCUT2D eigenvalue weighted by molar-refractivity contribution is 0.0945. The van der Waals surface area contributed by atoms with Crippen LogP contribution in [0.1, 0.15) is 19.4 Å². The Labute approximate surface area is 97.9 Å². The van der Waals surface area contributed by atoms with Crippen LogP contribution >= 0.6 is 15.9 Å². The third kappa shape index (κ3) is 3.90. The molecule has 0 bridgehead atoms. The molecule has 3 nitrogen and oxygen atoms in total. The van der Waals surface area contributed by atoms with Crippen LogP contribution in [0.4, 0.5) is 5.69 Å². The number of anilines is 1. The Morgan fingerprint density at radius 1 is 1.53 bits per heavy atom. The summed E-state index contributed by atoms with van der Waals surface area (Å²) in [5, 5.41) is 21.5. The number of nitriles is 1. The van der Waals surface area contributed by atoms with Gasteiger partial charge in [-0.2, -0.15) is 5.26 Å². The van der Waals surface area contributed by atoms with Crippen molar-refractivity contribution in [1.29, 1.82) is 5.26 Å². The molecule has 0 heterocycles. The Morgan fingerprint density at radius 3 is 2.73 bits per heavy atom. The van der Waals surface area contributed by atoms with Gasteiger partial charge in [0.1, 0.15) is 6.07 Å². The van der Waals surface area contributed by atoms with Crippen molar-refractivity contribution in [3.8, 4) is 6.07 Å². The number of hydrogen-bond donors (Lipinski definition) is 2. The van der Waals surface area contributed by atoms with Crippen molar-refractivity contribution in [2.24, 2.45) is 0 Å². The zero-order chi connectivity index (χ0) is 11.5. The largest absolute Gasteiger partial charge is 0.389 e. The number of benzene rings is 1. The molecule has 0 aromatic heterocycles. The fourth-order valence-electron chi connectivity index (χ4n) is 1.07. The van der Waals surface area contributed by atoms with Gasteiger partial charge in [0.05, 0.1) is 16.9 Å². The lowest BCUT2D eigenvalue weighted by Crippen LogP contribution is -2.29. The first-order valence-electron chi connectivity index (χ1n) is 4.58. The Balaban J connectivity index is 2.82. The third-order valence-electron chi connectivity index (χ3n) is 1.81. The number of hydrogen-bond acceptors (Lipinski definition) is 3. The highest BCUT2D eigenvalue weighted by Crippen LogP contribution is 2.20. The van der Waals surface area contributed by atoms with Crippen molar-refractivity contribution in [2.45, 2.75) is 19.4 Å². The lowest BCUT2D eigenvalue weighted by Gasteiger charge is -2.19. The molecule has 1 rings (SSSR count). The van der Waals surface area contributed by atoms with Crippen LogP contribution in [0.5, 0.6) is 0 Å². The van der Waals surface area contributed by atoms with Crippen molar-refractivity contribution < 1.29 is 5.11 Å². The van der Waals surface area contributed by atoms with Crippen molar-refractivity contribution >= 4 is 21.6 Å². The highest BCUT2D eigenvalue weighted by molar-refractivity contribution is 9.10. The molecule has 0 saturated carbocycles.